The number of fused-ring (bicyclic) bond motifs is 1. The maximum atomic E-state index is 12.8. The van der Waals surface area contributed by atoms with E-state index in [-0.39, 0.29) is 24.4 Å². The van der Waals surface area contributed by atoms with Gasteiger partial charge in [0.05, 0.1) is 6.04 Å². The van der Waals surface area contributed by atoms with Gasteiger partial charge in [0.25, 0.3) is 5.91 Å². The zero-order valence-electron chi connectivity index (χ0n) is 15.0. The molecular weight excluding hydrogens is 318 g/mol. The topological polar surface area (TPSA) is 69.7 Å². The number of hydrogen-bond donors (Lipinski definition) is 1. The normalized spacial score (nSPS) is 22.0. The van der Waals surface area contributed by atoms with Crippen LogP contribution in [0.2, 0.25) is 0 Å². The van der Waals surface area contributed by atoms with Crippen molar-refractivity contribution in [2.45, 2.75) is 51.6 Å². The van der Waals surface area contributed by atoms with E-state index < -0.39 is 11.6 Å². The number of urea groups is 1. The maximum absolute atomic E-state index is 12.8. The Morgan fingerprint density at radius 1 is 1.24 bits per heavy atom. The first-order valence-corrected chi connectivity index (χ1v) is 8.95. The van der Waals surface area contributed by atoms with Crippen LogP contribution >= 0.6 is 0 Å². The van der Waals surface area contributed by atoms with Gasteiger partial charge in [-0.25, -0.2) is 4.79 Å². The van der Waals surface area contributed by atoms with Crippen LogP contribution in [0.25, 0.3) is 0 Å². The van der Waals surface area contributed by atoms with E-state index in [2.05, 4.69) is 11.4 Å². The van der Waals surface area contributed by atoms with Gasteiger partial charge in [0.1, 0.15) is 12.1 Å². The number of carbonyl (C=O) groups excluding carboxylic acids is 3. The van der Waals surface area contributed by atoms with Gasteiger partial charge in [-0.1, -0.05) is 38.1 Å². The standard InChI is InChI=1S/C19H25N3O3/c1-4-19(5-2)17(24)22(18(25)20-19)12-16(23)21-11-10-14-8-6-7-9-15(14)13(21)3/h6-9,13H,4-5,10-12H2,1-3H3,(H,20,25). The smallest absolute Gasteiger partial charge is 0.325 e. The van der Waals surface area contributed by atoms with E-state index in [1.807, 2.05) is 39.0 Å². The average Bonchev–Trinajstić information content (AvgIpc) is 2.86. The Labute approximate surface area is 148 Å². The van der Waals surface area contributed by atoms with Gasteiger partial charge in [-0.05, 0) is 37.3 Å². The van der Waals surface area contributed by atoms with E-state index >= 15 is 0 Å². The molecule has 1 atom stereocenters. The molecule has 1 aromatic carbocycles. The van der Waals surface area contributed by atoms with Crippen LogP contribution in [-0.2, 0) is 16.0 Å². The van der Waals surface area contributed by atoms with Gasteiger partial charge in [-0.15, -0.1) is 0 Å². The fraction of sp³-hybridized carbons (Fsp3) is 0.526. The van der Waals surface area contributed by atoms with Crippen molar-refractivity contribution in [3.8, 4) is 0 Å². The quantitative estimate of drug-likeness (QED) is 0.853. The molecule has 1 fully saturated rings. The molecule has 2 heterocycles. The molecule has 0 bridgehead atoms. The Balaban J connectivity index is 1.75. The molecule has 2 aliphatic heterocycles. The molecule has 0 aromatic heterocycles. The third kappa shape index (κ3) is 2.79. The molecular formula is C19H25N3O3. The predicted molar refractivity (Wildman–Crippen MR) is 93.8 cm³/mol. The first kappa shape index (κ1) is 17.5. The largest absolute Gasteiger partial charge is 0.334 e. The maximum Gasteiger partial charge on any atom is 0.325 e. The molecule has 3 rings (SSSR count). The summed E-state index contributed by atoms with van der Waals surface area (Å²) in [6.45, 7) is 6.14. The van der Waals surface area contributed by atoms with Gasteiger partial charge in [0, 0.05) is 6.54 Å². The third-order valence-corrected chi connectivity index (χ3v) is 5.66. The lowest BCUT2D eigenvalue weighted by molar-refractivity contribution is -0.140. The SMILES string of the molecule is CCC1(CC)NC(=O)N(CC(=O)N2CCc3ccccc3C2C)C1=O. The van der Waals surface area contributed by atoms with E-state index in [1.54, 1.807) is 4.90 Å². The predicted octanol–water partition coefficient (Wildman–Crippen LogP) is 2.24. The van der Waals surface area contributed by atoms with Crippen LogP contribution in [0.4, 0.5) is 4.79 Å². The highest BCUT2D eigenvalue weighted by Gasteiger charge is 2.49. The van der Waals surface area contributed by atoms with E-state index in [0.29, 0.717) is 19.4 Å². The highest BCUT2D eigenvalue weighted by atomic mass is 16.2. The number of carbonyl (C=O) groups is 3. The van der Waals surface area contributed by atoms with Gasteiger partial charge in [-0.3, -0.25) is 14.5 Å². The molecule has 1 unspecified atom stereocenters. The number of benzene rings is 1. The van der Waals surface area contributed by atoms with Crippen LogP contribution in [0.3, 0.4) is 0 Å². The Hall–Kier alpha value is -2.37. The lowest BCUT2D eigenvalue weighted by atomic mass is 9.93. The number of nitrogens with one attached hydrogen (secondary N) is 1. The molecule has 1 aromatic rings. The van der Waals surface area contributed by atoms with Gasteiger partial charge >= 0.3 is 6.03 Å². The molecule has 6 heteroatoms. The molecule has 2 aliphatic rings. The van der Waals surface area contributed by atoms with Crippen LogP contribution in [0.15, 0.2) is 24.3 Å². The zero-order chi connectivity index (χ0) is 18.2. The first-order valence-electron chi connectivity index (χ1n) is 8.95. The summed E-state index contributed by atoms with van der Waals surface area (Å²) in [4.78, 5) is 40.6. The van der Waals surface area contributed by atoms with Gasteiger partial charge < -0.3 is 10.2 Å². The second kappa shape index (κ2) is 6.50. The number of rotatable bonds is 4. The highest BCUT2D eigenvalue weighted by molar-refractivity contribution is 6.09. The third-order valence-electron chi connectivity index (χ3n) is 5.66. The zero-order valence-corrected chi connectivity index (χ0v) is 15.0. The molecule has 1 saturated heterocycles. The lowest BCUT2D eigenvalue weighted by Gasteiger charge is -2.36. The fourth-order valence-electron chi connectivity index (χ4n) is 3.89. The minimum absolute atomic E-state index is 0.0553. The number of nitrogens with zero attached hydrogens (tertiary/aromatic N) is 2. The molecule has 6 nitrogen and oxygen atoms in total. The second-order valence-electron chi connectivity index (χ2n) is 6.82. The summed E-state index contributed by atoms with van der Waals surface area (Å²) in [5.74, 6) is -0.477. The van der Waals surface area contributed by atoms with Gasteiger partial charge in [-0.2, -0.15) is 0 Å². The second-order valence-corrected chi connectivity index (χ2v) is 6.82. The van der Waals surface area contributed by atoms with Crippen LogP contribution in [0.5, 0.6) is 0 Å². The highest BCUT2D eigenvalue weighted by Crippen LogP contribution is 2.30. The van der Waals surface area contributed by atoms with Crippen molar-refractivity contribution in [1.82, 2.24) is 15.1 Å². The summed E-state index contributed by atoms with van der Waals surface area (Å²) in [6.07, 6.45) is 1.83. The summed E-state index contributed by atoms with van der Waals surface area (Å²) in [5.41, 5.74) is 1.53. The van der Waals surface area contributed by atoms with E-state index in [4.69, 9.17) is 0 Å². The van der Waals surface area contributed by atoms with Crippen LogP contribution in [-0.4, -0.2) is 46.3 Å². The summed E-state index contributed by atoms with van der Waals surface area (Å²) < 4.78 is 0. The first-order chi connectivity index (χ1) is 11.9. The van der Waals surface area contributed by atoms with Crippen LogP contribution in [0.1, 0.15) is 50.8 Å². The molecule has 4 amide bonds. The van der Waals surface area contributed by atoms with Crippen molar-refractivity contribution in [2.75, 3.05) is 13.1 Å². The van der Waals surface area contributed by atoms with E-state index in [1.165, 1.54) is 5.56 Å². The van der Waals surface area contributed by atoms with Crippen LogP contribution in [0, 0.1) is 0 Å². The van der Waals surface area contributed by atoms with Crippen molar-refractivity contribution < 1.29 is 14.4 Å². The summed E-state index contributed by atoms with van der Waals surface area (Å²) >= 11 is 0. The number of amides is 4. The van der Waals surface area contributed by atoms with Crippen molar-refractivity contribution >= 4 is 17.8 Å². The minimum Gasteiger partial charge on any atom is -0.334 e. The van der Waals surface area contributed by atoms with Crippen molar-refractivity contribution in [1.29, 1.82) is 0 Å². The Kier molecular flexibility index (Phi) is 4.54. The molecule has 0 aliphatic carbocycles. The molecule has 0 radical (unpaired) electrons. The monoisotopic (exact) mass is 343 g/mol. The van der Waals surface area contributed by atoms with Crippen molar-refractivity contribution in [3.05, 3.63) is 35.4 Å². The summed E-state index contributed by atoms with van der Waals surface area (Å²) in [7, 11) is 0. The summed E-state index contributed by atoms with van der Waals surface area (Å²) in [6, 6.07) is 7.57. The van der Waals surface area contributed by atoms with Crippen molar-refractivity contribution in [2.24, 2.45) is 0 Å². The molecule has 25 heavy (non-hydrogen) atoms. The molecule has 134 valence electrons. The fourth-order valence-corrected chi connectivity index (χ4v) is 3.89. The van der Waals surface area contributed by atoms with E-state index in [9.17, 15) is 14.4 Å². The van der Waals surface area contributed by atoms with Crippen LogP contribution < -0.4 is 5.32 Å². The van der Waals surface area contributed by atoms with Gasteiger partial charge in [0.2, 0.25) is 5.91 Å². The average molecular weight is 343 g/mol. The van der Waals surface area contributed by atoms with Crippen molar-refractivity contribution in [3.63, 3.8) is 0 Å². The molecule has 1 N–H and O–H groups in total. The lowest BCUT2D eigenvalue weighted by Crippen LogP contribution is -2.48. The van der Waals surface area contributed by atoms with E-state index in [0.717, 1.165) is 16.9 Å². The Morgan fingerprint density at radius 2 is 1.92 bits per heavy atom. The number of imide groups is 1. The van der Waals surface area contributed by atoms with Gasteiger partial charge in [0.15, 0.2) is 0 Å². The summed E-state index contributed by atoms with van der Waals surface area (Å²) in [5, 5.41) is 2.77. The molecule has 0 spiro atoms. The Morgan fingerprint density at radius 3 is 2.56 bits per heavy atom. The number of hydrogen-bond acceptors (Lipinski definition) is 3. The molecule has 0 saturated carbocycles. The Bertz CT molecular complexity index is 712. The minimum atomic E-state index is -0.864.